The van der Waals surface area contributed by atoms with Crippen LogP contribution in [0, 0.1) is 0 Å². The highest BCUT2D eigenvalue weighted by atomic mass is 32.2. The highest BCUT2D eigenvalue weighted by Gasteiger charge is 2.42. The number of rotatable bonds is 10. The van der Waals surface area contributed by atoms with Gasteiger partial charge < -0.3 is 14.6 Å². The van der Waals surface area contributed by atoms with E-state index in [1.807, 2.05) is 78.9 Å². The van der Waals surface area contributed by atoms with Gasteiger partial charge in [0.2, 0.25) is 0 Å². The van der Waals surface area contributed by atoms with Gasteiger partial charge in [-0.15, -0.1) is 11.8 Å². The zero-order valence-corrected chi connectivity index (χ0v) is 27.4. The molecule has 2 N–H and O–H groups in total. The van der Waals surface area contributed by atoms with Gasteiger partial charge in [0, 0.05) is 40.7 Å². The minimum Gasteiger partial charge on any atom is -0.392 e. The topological polar surface area (TPSA) is 111 Å². The summed E-state index contributed by atoms with van der Waals surface area (Å²) in [4.78, 5) is 8.93. The Morgan fingerprint density at radius 1 is 0.729 bits per heavy atom. The maximum absolute atomic E-state index is 13.6. The molecule has 4 aromatic carbocycles. The molecule has 1 saturated heterocycles. The summed E-state index contributed by atoms with van der Waals surface area (Å²) in [5, 5.41) is 11.3. The molecule has 0 spiro atoms. The number of nitrogens with zero attached hydrogens (tertiary/aromatic N) is 2. The third kappa shape index (κ3) is 6.99. The molecule has 1 aliphatic rings. The summed E-state index contributed by atoms with van der Waals surface area (Å²) < 4.78 is 43.6. The molecular formula is C38H33N3O5S2. The van der Waals surface area contributed by atoms with Gasteiger partial charge in [0.25, 0.3) is 10.0 Å². The number of nitrogens with one attached hydrogen (secondary N) is 1. The summed E-state index contributed by atoms with van der Waals surface area (Å²) in [6, 6.07) is 39.6. The van der Waals surface area contributed by atoms with Crippen LogP contribution in [0.3, 0.4) is 0 Å². The van der Waals surface area contributed by atoms with Crippen molar-refractivity contribution in [1.29, 1.82) is 0 Å². The Labute approximate surface area is 283 Å². The molecule has 8 nitrogen and oxygen atoms in total. The summed E-state index contributed by atoms with van der Waals surface area (Å²) in [6.45, 7) is -0.0550. The first-order chi connectivity index (χ1) is 23.5. The number of hydrogen-bond donors (Lipinski definition) is 2. The van der Waals surface area contributed by atoms with Gasteiger partial charge in [0.05, 0.1) is 29.4 Å². The van der Waals surface area contributed by atoms with E-state index in [0.29, 0.717) is 22.5 Å². The van der Waals surface area contributed by atoms with Crippen molar-refractivity contribution in [2.45, 2.75) is 40.9 Å². The maximum atomic E-state index is 13.6. The van der Waals surface area contributed by atoms with Crippen molar-refractivity contribution in [3.8, 4) is 0 Å². The molecule has 0 bridgehead atoms. The number of aromatic nitrogens is 2. The number of thioether (sulfide) groups is 1. The predicted octanol–water partition coefficient (Wildman–Crippen LogP) is 7.65. The van der Waals surface area contributed by atoms with Crippen LogP contribution < -0.4 is 4.72 Å². The second kappa shape index (κ2) is 14.3. The van der Waals surface area contributed by atoms with Crippen LogP contribution in [0.5, 0.6) is 0 Å². The largest absolute Gasteiger partial charge is 0.392 e. The van der Waals surface area contributed by atoms with Crippen molar-refractivity contribution >= 4 is 38.4 Å². The van der Waals surface area contributed by atoms with Crippen molar-refractivity contribution in [2.75, 3.05) is 10.5 Å². The van der Waals surface area contributed by atoms with E-state index in [4.69, 9.17) is 9.47 Å². The molecule has 1 aliphatic heterocycles. The molecule has 4 atom stereocenters. The Hall–Kier alpha value is -4.58. The van der Waals surface area contributed by atoms with Crippen LogP contribution >= 0.6 is 11.8 Å². The molecule has 0 radical (unpaired) electrons. The smallest absolute Gasteiger partial charge is 0.264 e. The van der Waals surface area contributed by atoms with Gasteiger partial charge in [-0.3, -0.25) is 9.71 Å². The van der Waals surface area contributed by atoms with E-state index in [0.717, 1.165) is 27.1 Å². The van der Waals surface area contributed by atoms with Crippen LogP contribution in [-0.4, -0.2) is 35.3 Å². The number of hydrogen-bond acceptors (Lipinski definition) is 8. The molecule has 3 heterocycles. The minimum absolute atomic E-state index is 0.0550. The number of fused-ring (bicyclic) bond motifs is 1. The molecule has 0 aliphatic carbocycles. The summed E-state index contributed by atoms with van der Waals surface area (Å²) in [5.41, 5.74) is 4.27. The normalized spacial score (nSPS) is 19.6. The number of pyridine rings is 2. The molecule has 48 heavy (non-hydrogen) atoms. The molecule has 1 fully saturated rings. The summed E-state index contributed by atoms with van der Waals surface area (Å²) in [5.74, 6) is 0.432. The van der Waals surface area contributed by atoms with E-state index in [1.165, 1.54) is 0 Å². The van der Waals surface area contributed by atoms with Crippen molar-refractivity contribution in [1.82, 2.24) is 9.97 Å². The number of sulfonamides is 1. The number of benzene rings is 4. The van der Waals surface area contributed by atoms with Gasteiger partial charge in [0.15, 0.2) is 6.29 Å². The molecule has 0 amide bonds. The Kier molecular flexibility index (Phi) is 9.51. The Morgan fingerprint density at radius 2 is 1.48 bits per heavy atom. The van der Waals surface area contributed by atoms with E-state index in [-0.39, 0.29) is 23.5 Å². The van der Waals surface area contributed by atoms with E-state index in [1.54, 1.807) is 60.6 Å². The highest BCUT2D eigenvalue weighted by molar-refractivity contribution is 7.99. The molecule has 242 valence electrons. The van der Waals surface area contributed by atoms with Gasteiger partial charge in [-0.1, -0.05) is 91.0 Å². The van der Waals surface area contributed by atoms with Crippen molar-refractivity contribution in [2.24, 2.45) is 0 Å². The average Bonchev–Trinajstić information content (AvgIpc) is 3.14. The fraction of sp³-hybridized carbons (Fsp3) is 0.158. The van der Waals surface area contributed by atoms with Gasteiger partial charge in [-0.2, -0.15) is 0 Å². The second-order valence-corrected chi connectivity index (χ2v) is 14.1. The zero-order valence-electron chi connectivity index (χ0n) is 25.8. The third-order valence-corrected chi connectivity index (χ3v) is 10.7. The lowest BCUT2D eigenvalue weighted by Crippen LogP contribution is -2.38. The average molecular weight is 676 g/mol. The fourth-order valence-electron chi connectivity index (χ4n) is 6.00. The Balaban J connectivity index is 1.23. The summed E-state index contributed by atoms with van der Waals surface area (Å²) >= 11 is 1.61. The predicted molar refractivity (Wildman–Crippen MR) is 187 cm³/mol. The minimum atomic E-state index is -3.97. The van der Waals surface area contributed by atoms with E-state index in [9.17, 15) is 13.5 Å². The second-order valence-electron chi connectivity index (χ2n) is 11.4. The molecule has 7 rings (SSSR count). The van der Waals surface area contributed by atoms with E-state index in [2.05, 4.69) is 26.8 Å². The number of ether oxygens (including phenoxy) is 2. The monoisotopic (exact) mass is 675 g/mol. The fourth-order valence-corrected chi connectivity index (χ4v) is 8.16. The van der Waals surface area contributed by atoms with Gasteiger partial charge >= 0.3 is 0 Å². The molecule has 2 aromatic heterocycles. The van der Waals surface area contributed by atoms with Gasteiger partial charge in [-0.05, 0) is 53.1 Å². The Morgan fingerprint density at radius 3 is 2.27 bits per heavy atom. The SMILES string of the molecule is O=S(=O)(Nc1cccc(C2OC(CSc3ccccn3)C(c3ccccc3)C(c3ccc(CO)cc3)O2)c1)c1cccc2cccnc12. The van der Waals surface area contributed by atoms with Crippen LogP contribution in [0.15, 0.2) is 150 Å². The highest BCUT2D eigenvalue weighted by Crippen LogP contribution is 2.48. The maximum Gasteiger partial charge on any atom is 0.264 e. The van der Waals surface area contributed by atoms with E-state index >= 15 is 0 Å². The number of para-hydroxylation sites is 1. The quantitative estimate of drug-likeness (QED) is 0.143. The molecule has 0 saturated carbocycles. The van der Waals surface area contributed by atoms with Crippen molar-refractivity contribution in [3.63, 3.8) is 0 Å². The van der Waals surface area contributed by atoms with Crippen LogP contribution in [0.4, 0.5) is 5.69 Å². The number of anilines is 1. The van der Waals surface area contributed by atoms with Crippen molar-refractivity contribution in [3.05, 3.63) is 162 Å². The molecule has 10 heteroatoms. The number of aliphatic hydroxyl groups excluding tert-OH is 1. The third-order valence-electron chi connectivity index (χ3n) is 8.30. The van der Waals surface area contributed by atoms with E-state index < -0.39 is 22.4 Å². The van der Waals surface area contributed by atoms with Gasteiger partial charge in [0.1, 0.15) is 4.90 Å². The lowest BCUT2D eigenvalue weighted by atomic mass is 9.84. The van der Waals surface area contributed by atoms with Crippen LogP contribution in [0.25, 0.3) is 10.9 Å². The molecular weight excluding hydrogens is 643 g/mol. The number of aliphatic hydroxyl groups is 1. The molecule has 4 unspecified atom stereocenters. The first-order valence-electron chi connectivity index (χ1n) is 15.5. The van der Waals surface area contributed by atoms with Gasteiger partial charge in [-0.25, -0.2) is 13.4 Å². The molecule has 6 aromatic rings. The Bertz CT molecular complexity index is 2090. The zero-order chi connectivity index (χ0) is 32.9. The lowest BCUT2D eigenvalue weighted by Gasteiger charge is -2.43. The first-order valence-corrected chi connectivity index (χ1v) is 18.0. The standard InChI is InChI=1S/C38H33N3O5S2/c42-24-26-17-19-29(20-18-26)37-35(27-9-2-1-3-10-27)32(25-47-34-16-4-5-21-39-34)45-38(46-37)30-12-6-14-31(23-30)41-48(43,44)33-15-7-11-28-13-8-22-40-36(28)33/h1-23,32,35,37-38,41-42H,24-25H2. The first kappa shape index (κ1) is 32.0. The van der Waals surface area contributed by atoms with Crippen LogP contribution in [-0.2, 0) is 26.1 Å². The summed E-state index contributed by atoms with van der Waals surface area (Å²) in [7, 11) is -3.97. The van der Waals surface area contributed by atoms with Crippen LogP contribution in [0.1, 0.15) is 40.6 Å². The lowest BCUT2D eigenvalue weighted by molar-refractivity contribution is -0.255. The van der Waals surface area contributed by atoms with Crippen molar-refractivity contribution < 1.29 is 23.0 Å². The van der Waals surface area contributed by atoms with Crippen LogP contribution in [0.2, 0.25) is 0 Å². The summed E-state index contributed by atoms with van der Waals surface area (Å²) in [6.07, 6.45) is 1.85.